The third kappa shape index (κ3) is 5.15. The normalized spacial score (nSPS) is 11.1. The lowest BCUT2D eigenvalue weighted by Crippen LogP contribution is -2.01. The van der Waals surface area contributed by atoms with Crippen molar-refractivity contribution in [3.05, 3.63) is 36.4 Å². The van der Waals surface area contributed by atoms with Crippen LogP contribution in [-0.2, 0) is 0 Å². The molecule has 6 nitrogen and oxygen atoms in total. The summed E-state index contributed by atoms with van der Waals surface area (Å²) < 4.78 is 11.4. The molecule has 150 valence electrons. The zero-order chi connectivity index (χ0) is 19.8. The zero-order valence-corrected chi connectivity index (χ0v) is 16.7. The van der Waals surface area contributed by atoms with Crippen molar-refractivity contribution in [2.24, 2.45) is 0 Å². The molecule has 0 fully saturated rings. The first kappa shape index (κ1) is 20.0. The van der Waals surface area contributed by atoms with E-state index in [1.54, 1.807) is 12.1 Å². The molecule has 0 saturated heterocycles. The van der Waals surface area contributed by atoms with Gasteiger partial charge in [0.05, 0.1) is 13.2 Å². The summed E-state index contributed by atoms with van der Waals surface area (Å²) in [6.07, 6.45) is 6.90. The van der Waals surface area contributed by atoms with Crippen LogP contribution in [0.4, 0.5) is 0 Å². The Bertz CT molecular complexity index is 892. The van der Waals surface area contributed by atoms with Crippen molar-refractivity contribution in [2.75, 3.05) is 13.2 Å². The van der Waals surface area contributed by atoms with Crippen molar-refractivity contribution >= 4 is 11.0 Å². The van der Waals surface area contributed by atoms with Crippen LogP contribution in [0.25, 0.3) is 16.7 Å². The fraction of sp³-hybridized carbons (Fsp3) is 0.455. The lowest BCUT2D eigenvalue weighted by Gasteiger charge is -2.08. The van der Waals surface area contributed by atoms with Crippen LogP contribution in [0.5, 0.6) is 17.2 Å². The number of ether oxygens (including phenoxy) is 2. The predicted molar refractivity (Wildman–Crippen MR) is 111 cm³/mol. The van der Waals surface area contributed by atoms with Gasteiger partial charge in [0, 0.05) is 12.1 Å². The number of benzene rings is 2. The predicted octanol–water partition coefficient (Wildman–Crippen LogP) is 5.26. The minimum atomic E-state index is 0.0891. The van der Waals surface area contributed by atoms with E-state index in [4.69, 9.17) is 9.47 Å². The second kappa shape index (κ2) is 9.97. The van der Waals surface area contributed by atoms with E-state index in [0.717, 1.165) is 29.6 Å². The molecule has 3 rings (SSSR count). The van der Waals surface area contributed by atoms with Gasteiger partial charge in [-0.25, -0.2) is 0 Å². The second-order valence-corrected chi connectivity index (χ2v) is 6.90. The highest BCUT2D eigenvalue weighted by Gasteiger charge is 2.11. The smallest absolute Gasteiger partial charge is 0.146 e. The van der Waals surface area contributed by atoms with E-state index < -0.39 is 0 Å². The fourth-order valence-electron chi connectivity index (χ4n) is 2.97. The van der Waals surface area contributed by atoms with Crippen LogP contribution in [0.15, 0.2) is 36.4 Å². The summed E-state index contributed by atoms with van der Waals surface area (Å²) in [7, 11) is 0. The standard InChI is InChI=1S/C22H29N3O3/c1-3-5-6-7-8-14-28-18-10-12-21(22(26)16-18)25-23-19-11-9-17(27-13-4-2)15-20(19)24-25/h9-12,15-16,26H,3-8,13-14H2,1-2H3. The van der Waals surface area contributed by atoms with E-state index in [1.165, 1.54) is 30.5 Å². The molecule has 0 bridgehead atoms. The third-order valence-electron chi connectivity index (χ3n) is 4.50. The van der Waals surface area contributed by atoms with Gasteiger partial charge in [-0.05, 0) is 37.1 Å². The fourth-order valence-corrected chi connectivity index (χ4v) is 2.97. The minimum absolute atomic E-state index is 0.0891. The van der Waals surface area contributed by atoms with Crippen molar-refractivity contribution in [1.29, 1.82) is 0 Å². The van der Waals surface area contributed by atoms with Crippen LogP contribution in [0.1, 0.15) is 52.4 Å². The molecular formula is C22H29N3O3. The van der Waals surface area contributed by atoms with Crippen molar-refractivity contribution in [3.63, 3.8) is 0 Å². The largest absolute Gasteiger partial charge is 0.505 e. The van der Waals surface area contributed by atoms with Gasteiger partial charge >= 0.3 is 0 Å². The summed E-state index contributed by atoms with van der Waals surface area (Å²) >= 11 is 0. The average Bonchev–Trinajstić information content (AvgIpc) is 3.12. The highest BCUT2D eigenvalue weighted by molar-refractivity contribution is 5.75. The maximum atomic E-state index is 10.4. The zero-order valence-electron chi connectivity index (χ0n) is 16.7. The van der Waals surface area contributed by atoms with Crippen molar-refractivity contribution in [3.8, 4) is 22.9 Å². The molecule has 2 aromatic carbocycles. The van der Waals surface area contributed by atoms with E-state index in [2.05, 4.69) is 24.0 Å². The van der Waals surface area contributed by atoms with Gasteiger partial charge in [-0.1, -0.05) is 39.5 Å². The Kier molecular flexibility index (Phi) is 7.12. The third-order valence-corrected chi connectivity index (χ3v) is 4.50. The van der Waals surface area contributed by atoms with Crippen LogP contribution in [0, 0.1) is 0 Å². The van der Waals surface area contributed by atoms with Gasteiger partial charge in [-0.15, -0.1) is 15.0 Å². The van der Waals surface area contributed by atoms with E-state index in [1.807, 2.05) is 24.3 Å². The molecule has 3 aromatic rings. The van der Waals surface area contributed by atoms with E-state index >= 15 is 0 Å². The number of rotatable bonds is 11. The first-order chi connectivity index (χ1) is 13.7. The number of phenolic OH excluding ortho intramolecular Hbond substituents is 1. The van der Waals surface area contributed by atoms with Gasteiger partial charge < -0.3 is 14.6 Å². The Labute approximate surface area is 166 Å². The van der Waals surface area contributed by atoms with E-state index in [-0.39, 0.29) is 5.75 Å². The van der Waals surface area contributed by atoms with Crippen LogP contribution < -0.4 is 9.47 Å². The van der Waals surface area contributed by atoms with Crippen LogP contribution in [0.3, 0.4) is 0 Å². The molecule has 0 amide bonds. The van der Waals surface area contributed by atoms with Gasteiger partial charge in [-0.3, -0.25) is 0 Å². The molecule has 1 aromatic heterocycles. The Balaban J connectivity index is 1.66. The number of hydrogen-bond donors (Lipinski definition) is 1. The molecule has 0 aliphatic carbocycles. The van der Waals surface area contributed by atoms with Gasteiger partial charge in [0.15, 0.2) is 0 Å². The molecule has 0 spiro atoms. The molecule has 28 heavy (non-hydrogen) atoms. The molecule has 6 heteroatoms. The van der Waals surface area contributed by atoms with Gasteiger partial charge in [-0.2, -0.15) is 0 Å². The second-order valence-electron chi connectivity index (χ2n) is 6.90. The highest BCUT2D eigenvalue weighted by atomic mass is 16.5. The quantitative estimate of drug-likeness (QED) is 0.457. The number of aromatic nitrogens is 3. The number of hydrogen-bond acceptors (Lipinski definition) is 5. The first-order valence-corrected chi connectivity index (χ1v) is 10.2. The number of nitrogens with zero attached hydrogens (tertiary/aromatic N) is 3. The van der Waals surface area contributed by atoms with Gasteiger partial charge in [0.25, 0.3) is 0 Å². The molecule has 1 heterocycles. The Morgan fingerprint density at radius 2 is 1.50 bits per heavy atom. The molecule has 1 N–H and O–H groups in total. The van der Waals surface area contributed by atoms with Crippen LogP contribution >= 0.6 is 0 Å². The van der Waals surface area contributed by atoms with Crippen molar-refractivity contribution in [2.45, 2.75) is 52.4 Å². The molecule has 0 atom stereocenters. The van der Waals surface area contributed by atoms with Crippen LogP contribution in [-0.4, -0.2) is 33.3 Å². The Hall–Kier alpha value is -2.76. The van der Waals surface area contributed by atoms with Crippen molar-refractivity contribution < 1.29 is 14.6 Å². The van der Waals surface area contributed by atoms with Crippen LogP contribution in [0.2, 0.25) is 0 Å². The molecule has 0 aliphatic heterocycles. The molecular weight excluding hydrogens is 354 g/mol. The summed E-state index contributed by atoms with van der Waals surface area (Å²) in [5.74, 6) is 1.52. The van der Waals surface area contributed by atoms with Gasteiger partial charge in [0.1, 0.15) is 34.0 Å². The van der Waals surface area contributed by atoms with E-state index in [0.29, 0.717) is 24.7 Å². The summed E-state index contributed by atoms with van der Waals surface area (Å²) in [5.41, 5.74) is 1.98. The first-order valence-electron chi connectivity index (χ1n) is 10.2. The lowest BCUT2D eigenvalue weighted by molar-refractivity contribution is 0.303. The number of phenols is 1. The average molecular weight is 383 g/mol. The minimum Gasteiger partial charge on any atom is -0.505 e. The highest BCUT2D eigenvalue weighted by Crippen LogP contribution is 2.27. The summed E-state index contributed by atoms with van der Waals surface area (Å²) in [6.45, 7) is 5.60. The SMILES string of the molecule is CCCCCCCOc1ccc(-n2nc3ccc(OCCC)cc3n2)c(O)c1. The topological polar surface area (TPSA) is 69.4 Å². The molecule has 0 saturated carbocycles. The summed E-state index contributed by atoms with van der Waals surface area (Å²) in [4.78, 5) is 1.44. The summed E-state index contributed by atoms with van der Waals surface area (Å²) in [5, 5.41) is 19.3. The molecule has 0 aliphatic rings. The maximum Gasteiger partial charge on any atom is 0.146 e. The number of unbranched alkanes of at least 4 members (excludes halogenated alkanes) is 4. The van der Waals surface area contributed by atoms with Gasteiger partial charge in [0.2, 0.25) is 0 Å². The monoisotopic (exact) mass is 383 g/mol. The summed E-state index contributed by atoms with van der Waals surface area (Å²) in [6, 6.07) is 10.8. The molecule has 0 radical (unpaired) electrons. The maximum absolute atomic E-state index is 10.4. The van der Waals surface area contributed by atoms with Crippen molar-refractivity contribution in [1.82, 2.24) is 15.0 Å². The lowest BCUT2D eigenvalue weighted by atomic mass is 10.2. The number of aromatic hydroxyl groups is 1. The Morgan fingerprint density at radius 1 is 0.786 bits per heavy atom. The number of fused-ring (bicyclic) bond motifs is 1. The van der Waals surface area contributed by atoms with E-state index in [9.17, 15) is 5.11 Å². The molecule has 0 unspecified atom stereocenters. The Morgan fingerprint density at radius 3 is 2.29 bits per heavy atom.